The number of hydrogen-bond acceptors (Lipinski definition) is 1. The maximum Gasteiger partial charge on any atom is 0.0276 e. The second-order valence-electron chi connectivity index (χ2n) is 4.85. The largest absolute Gasteiger partial charge is 0.296 e. The number of nitrogens with zero attached hydrogens (tertiary/aromatic N) is 1. The van der Waals surface area contributed by atoms with Crippen LogP contribution in [0.3, 0.4) is 0 Å². The first kappa shape index (κ1) is 13.2. The van der Waals surface area contributed by atoms with Crippen molar-refractivity contribution in [2.24, 2.45) is 16.3 Å². The quantitative estimate of drug-likeness (QED) is 0.476. The topological polar surface area (TPSA) is 12.4 Å². The zero-order valence-corrected chi connectivity index (χ0v) is 10.4. The lowest BCUT2D eigenvalue weighted by Crippen LogP contribution is -2.25. The fraction of sp³-hybridized carbons (Fsp3) is 0.615. The lowest BCUT2D eigenvalue weighted by molar-refractivity contribution is 0.564. The van der Waals surface area contributed by atoms with Crippen LogP contribution >= 0.6 is 0 Å². The maximum atomic E-state index is 4.37. The van der Waals surface area contributed by atoms with Crippen LogP contribution < -0.4 is 0 Å². The van der Waals surface area contributed by atoms with Gasteiger partial charge in [-0.2, -0.15) is 0 Å². The van der Waals surface area contributed by atoms with Crippen molar-refractivity contribution in [3.63, 3.8) is 0 Å². The van der Waals surface area contributed by atoms with Crippen LogP contribution in [0.25, 0.3) is 0 Å². The molecule has 0 amide bonds. The molecule has 0 aromatic carbocycles. The molecule has 0 heterocycles. The van der Waals surface area contributed by atoms with Gasteiger partial charge in [-0.15, -0.1) is 0 Å². The van der Waals surface area contributed by atoms with E-state index in [9.17, 15) is 0 Å². The van der Waals surface area contributed by atoms with E-state index in [0.717, 1.165) is 5.57 Å². The summed E-state index contributed by atoms with van der Waals surface area (Å²) in [5, 5.41) is 0. The Kier molecular flexibility index (Phi) is 4.82. The molecule has 0 aromatic heterocycles. The molecule has 14 heavy (non-hydrogen) atoms. The Bertz CT molecular complexity index is 251. The highest BCUT2D eigenvalue weighted by Crippen LogP contribution is 2.22. The molecule has 0 fully saturated rings. The first-order valence-corrected chi connectivity index (χ1v) is 5.10. The van der Waals surface area contributed by atoms with Crippen molar-refractivity contribution in [1.29, 1.82) is 0 Å². The van der Waals surface area contributed by atoms with E-state index >= 15 is 0 Å². The Labute approximate surface area is 88.6 Å². The average molecular weight is 193 g/mol. The van der Waals surface area contributed by atoms with Crippen molar-refractivity contribution in [3.8, 4) is 0 Å². The van der Waals surface area contributed by atoms with Crippen molar-refractivity contribution in [1.82, 2.24) is 0 Å². The summed E-state index contributed by atoms with van der Waals surface area (Å²) in [6, 6.07) is 0. The van der Waals surface area contributed by atoms with Gasteiger partial charge in [-0.25, -0.2) is 0 Å². The highest BCUT2D eigenvalue weighted by atomic mass is 14.7. The third-order valence-corrected chi connectivity index (χ3v) is 2.11. The average Bonchev–Trinajstić information content (AvgIpc) is 1.99. The van der Waals surface area contributed by atoms with Gasteiger partial charge >= 0.3 is 0 Å². The number of hydrogen-bond donors (Lipinski definition) is 0. The van der Waals surface area contributed by atoms with Gasteiger partial charge in [0, 0.05) is 24.1 Å². The van der Waals surface area contributed by atoms with Gasteiger partial charge in [0.25, 0.3) is 0 Å². The van der Waals surface area contributed by atoms with Crippen LogP contribution in [-0.2, 0) is 0 Å². The van der Waals surface area contributed by atoms with Crippen LogP contribution in [0.15, 0.2) is 29.3 Å². The predicted molar refractivity (Wildman–Crippen MR) is 65.9 cm³/mol. The van der Waals surface area contributed by atoms with E-state index in [1.807, 2.05) is 14.0 Å². The molecule has 0 aliphatic heterocycles. The van der Waals surface area contributed by atoms with E-state index in [2.05, 4.69) is 51.4 Å². The predicted octanol–water partition coefficient (Wildman–Crippen LogP) is 3.87. The van der Waals surface area contributed by atoms with Crippen molar-refractivity contribution >= 4 is 5.71 Å². The molecule has 0 spiro atoms. The molecule has 0 N–H and O–H groups in total. The zero-order valence-electron chi connectivity index (χ0n) is 10.4. The molecule has 0 radical (unpaired) electrons. The SMILES string of the molecule is C=C(C)/C=C\C(C)/C(=N\C)C(C)(C)C. The molecule has 1 atom stereocenters. The second-order valence-corrected chi connectivity index (χ2v) is 4.85. The lowest BCUT2D eigenvalue weighted by atomic mass is 9.82. The van der Waals surface area contributed by atoms with Crippen LogP contribution in [0, 0.1) is 11.3 Å². The van der Waals surface area contributed by atoms with Gasteiger partial charge in [-0.05, 0) is 6.92 Å². The summed E-state index contributed by atoms with van der Waals surface area (Å²) in [5.74, 6) is 0.386. The monoisotopic (exact) mass is 193 g/mol. The van der Waals surface area contributed by atoms with Crippen molar-refractivity contribution in [3.05, 3.63) is 24.3 Å². The van der Waals surface area contributed by atoms with Crippen LogP contribution in [0.1, 0.15) is 34.6 Å². The van der Waals surface area contributed by atoms with Crippen molar-refractivity contribution < 1.29 is 0 Å². The lowest BCUT2D eigenvalue weighted by Gasteiger charge is -2.24. The fourth-order valence-electron chi connectivity index (χ4n) is 1.62. The van der Waals surface area contributed by atoms with Crippen molar-refractivity contribution in [2.75, 3.05) is 7.05 Å². The minimum Gasteiger partial charge on any atom is -0.296 e. The summed E-state index contributed by atoms with van der Waals surface area (Å²) < 4.78 is 0. The Hall–Kier alpha value is -0.850. The summed E-state index contributed by atoms with van der Waals surface area (Å²) in [6.07, 6.45) is 4.22. The van der Waals surface area contributed by atoms with E-state index in [1.165, 1.54) is 5.71 Å². The normalized spacial score (nSPS) is 16.0. The molecule has 1 nitrogen and oxygen atoms in total. The van der Waals surface area contributed by atoms with E-state index < -0.39 is 0 Å². The summed E-state index contributed by atoms with van der Waals surface area (Å²) in [4.78, 5) is 4.37. The summed E-state index contributed by atoms with van der Waals surface area (Å²) >= 11 is 0. The smallest absolute Gasteiger partial charge is 0.0276 e. The molecule has 0 aliphatic rings. The Morgan fingerprint density at radius 1 is 1.36 bits per heavy atom. The summed E-state index contributed by atoms with van der Waals surface area (Å²) in [5.41, 5.74) is 2.46. The van der Waals surface area contributed by atoms with Gasteiger partial charge in [0.15, 0.2) is 0 Å². The van der Waals surface area contributed by atoms with E-state index in [-0.39, 0.29) is 5.41 Å². The third-order valence-electron chi connectivity index (χ3n) is 2.11. The minimum atomic E-state index is 0.146. The highest BCUT2D eigenvalue weighted by molar-refractivity contribution is 5.92. The van der Waals surface area contributed by atoms with E-state index in [1.54, 1.807) is 0 Å². The summed E-state index contributed by atoms with van der Waals surface area (Å²) in [6.45, 7) is 14.6. The number of aliphatic imine (C=N–C) groups is 1. The van der Waals surface area contributed by atoms with Crippen molar-refractivity contribution in [2.45, 2.75) is 34.6 Å². The van der Waals surface area contributed by atoms with E-state index in [0.29, 0.717) is 5.92 Å². The Morgan fingerprint density at radius 2 is 1.86 bits per heavy atom. The highest BCUT2D eigenvalue weighted by Gasteiger charge is 2.21. The van der Waals surface area contributed by atoms with E-state index in [4.69, 9.17) is 0 Å². The molecular formula is C13H23N. The second kappa shape index (κ2) is 5.14. The van der Waals surface area contributed by atoms with Gasteiger partial charge in [0.2, 0.25) is 0 Å². The molecule has 0 saturated heterocycles. The Morgan fingerprint density at radius 3 is 2.14 bits per heavy atom. The van der Waals surface area contributed by atoms with Gasteiger partial charge in [-0.3, -0.25) is 4.99 Å². The van der Waals surface area contributed by atoms with Crippen LogP contribution in [0.4, 0.5) is 0 Å². The first-order valence-electron chi connectivity index (χ1n) is 5.10. The summed E-state index contributed by atoms with van der Waals surface area (Å²) in [7, 11) is 1.87. The third kappa shape index (κ3) is 4.40. The molecule has 0 bridgehead atoms. The van der Waals surface area contributed by atoms with Crippen LogP contribution in [0.5, 0.6) is 0 Å². The van der Waals surface area contributed by atoms with Crippen LogP contribution in [-0.4, -0.2) is 12.8 Å². The Balaban J connectivity index is 4.67. The molecule has 1 unspecified atom stereocenters. The minimum absolute atomic E-state index is 0.146. The molecule has 0 saturated carbocycles. The van der Waals surface area contributed by atoms with Gasteiger partial charge < -0.3 is 0 Å². The van der Waals surface area contributed by atoms with Gasteiger partial charge in [-0.1, -0.05) is 52.0 Å². The van der Waals surface area contributed by atoms with Gasteiger partial charge in [0.05, 0.1) is 0 Å². The number of allylic oxidation sites excluding steroid dienone is 3. The molecule has 0 rings (SSSR count). The molecular weight excluding hydrogens is 170 g/mol. The van der Waals surface area contributed by atoms with Gasteiger partial charge in [0.1, 0.15) is 0 Å². The number of rotatable bonds is 3. The molecule has 80 valence electrons. The van der Waals surface area contributed by atoms with Crippen LogP contribution in [0.2, 0.25) is 0 Å². The maximum absolute atomic E-state index is 4.37. The molecule has 0 aromatic rings. The first-order chi connectivity index (χ1) is 6.29. The fourth-order valence-corrected chi connectivity index (χ4v) is 1.62. The zero-order chi connectivity index (χ0) is 11.4. The standard InChI is InChI=1S/C13H23N/c1-10(2)8-9-11(3)12(14-7)13(4,5)6/h8-9,11H,1H2,2-7H3/b9-8-,14-12+. The molecule has 1 heteroatoms. The molecule has 0 aliphatic carbocycles.